The Morgan fingerprint density at radius 2 is 0.955 bits per heavy atom. The number of nitrogens with zero attached hydrogens (tertiary/aromatic N) is 3. The lowest BCUT2D eigenvalue weighted by molar-refractivity contribution is 0.668. The van der Waals surface area contributed by atoms with Crippen LogP contribution in [0, 0.1) is 0 Å². The van der Waals surface area contributed by atoms with Gasteiger partial charge in [-0.1, -0.05) is 109 Å². The summed E-state index contributed by atoms with van der Waals surface area (Å²) in [6.07, 6.45) is 0. The van der Waals surface area contributed by atoms with Crippen LogP contribution >= 0.6 is 0 Å². The summed E-state index contributed by atoms with van der Waals surface area (Å²) in [7, 11) is 0. The van der Waals surface area contributed by atoms with E-state index in [1.54, 1.807) is 0 Å². The highest BCUT2D eigenvalue weighted by Crippen LogP contribution is 2.41. The molecule has 0 atom stereocenters. The molecule has 0 aliphatic heterocycles. The minimum atomic E-state index is 0.546. The van der Waals surface area contributed by atoms with E-state index in [-0.39, 0.29) is 0 Å². The van der Waals surface area contributed by atoms with Crippen LogP contribution in [-0.4, -0.2) is 15.0 Å². The van der Waals surface area contributed by atoms with E-state index in [0.29, 0.717) is 17.5 Å². The molecule has 0 unspecified atom stereocenters. The predicted molar refractivity (Wildman–Crippen MR) is 176 cm³/mol. The largest absolute Gasteiger partial charge is 0.456 e. The Bertz CT molecular complexity index is 2500. The summed E-state index contributed by atoms with van der Waals surface area (Å²) >= 11 is 0. The summed E-state index contributed by atoms with van der Waals surface area (Å²) in [6, 6.07) is 46.9. The highest BCUT2D eigenvalue weighted by atomic mass is 16.3. The van der Waals surface area contributed by atoms with Crippen LogP contribution in [-0.2, 0) is 0 Å². The number of para-hydroxylation sites is 3. The molecule has 0 aliphatic carbocycles. The number of fused-ring (bicyclic) bond motifs is 6. The third-order valence-electron chi connectivity index (χ3n) is 8.14. The normalized spacial score (nSPS) is 11.6. The Morgan fingerprint density at radius 3 is 1.73 bits per heavy atom. The fraction of sp³-hybridized carbons (Fsp3) is 0. The standard InChI is InChI=1S/C39H23N3O2/c1-3-12-24(13-4-1)26-22-31(35-29-17-8-10-21-33(29)43-34(35)23-26)39-41-37(25-14-5-2-6-15-25)40-38(42-39)30-19-11-18-28-27-16-7-9-20-32(27)44-36(28)30/h1-23H. The van der Waals surface area contributed by atoms with Crippen LogP contribution in [0.15, 0.2) is 148 Å². The minimum absolute atomic E-state index is 0.546. The van der Waals surface area contributed by atoms with Crippen molar-refractivity contribution in [3.63, 3.8) is 0 Å². The van der Waals surface area contributed by atoms with Gasteiger partial charge < -0.3 is 8.83 Å². The summed E-state index contributed by atoms with van der Waals surface area (Å²) in [5.74, 6) is 1.70. The number of aromatic nitrogens is 3. The second-order valence-corrected chi connectivity index (χ2v) is 10.8. The molecule has 0 radical (unpaired) electrons. The van der Waals surface area contributed by atoms with Crippen molar-refractivity contribution in [3.05, 3.63) is 140 Å². The smallest absolute Gasteiger partial charge is 0.167 e. The first-order valence-corrected chi connectivity index (χ1v) is 14.5. The number of rotatable bonds is 4. The summed E-state index contributed by atoms with van der Waals surface area (Å²) in [4.78, 5) is 15.3. The molecule has 0 fully saturated rings. The van der Waals surface area contributed by atoms with Gasteiger partial charge in [0.25, 0.3) is 0 Å². The maximum absolute atomic E-state index is 6.41. The molecule has 0 aliphatic rings. The molecular formula is C39H23N3O2. The molecule has 3 aromatic heterocycles. The lowest BCUT2D eigenvalue weighted by atomic mass is 9.98. The zero-order valence-electron chi connectivity index (χ0n) is 23.4. The van der Waals surface area contributed by atoms with Crippen LogP contribution in [0.25, 0.3) is 89.2 Å². The van der Waals surface area contributed by atoms with Gasteiger partial charge in [-0.25, -0.2) is 15.0 Å². The topological polar surface area (TPSA) is 65.0 Å². The van der Waals surface area contributed by atoms with Crippen molar-refractivity contribution in [1.29, 1.82) is 0 Å². The van der Waals surface area contributed by atoms with Crippen molar-refractivity contribution in [3.8, 4) is 45.3 Å². The number of furan rings is 2. The van der Waals surface area contributed by atoms with Crippen LogP contribution in [0.3, 0.4) is 0 Å². The van der Waals surface area contributed by atoms with Gasteiger partial charge in [-0.2, -0.15) is 0 Å². The van der Waals surface area contributed by atoms with Gasteiger partial charge in [0.05, 0.1) is 5.56 Å². The van der Waals surface area contributed by atoms with Crippen LogP contribution in [0.4, 0.5) is 0 Å². The molecule has 0 amide bonds. The second kappa shape index (κ2) is 9.75. The van der Waals surface area contributed by atoms with Gasteiger partial charge in [0.1, 0.15) is 22.3 Å². The van der Waals surface area contributed by atoms with Crippen molar-refractivity contribution in [2.75, 3.05) is 0 Å². The Morgan fingerprint density at radius 1 is 0.364 bits per heavy atom. The van der Waals surface area contributed by atoms with Crippen LogP contribution < -0.4 is 0 Å². The molecule has 6 aromatic carbocycles. The van der Waals surface area contributed by atoms with Crippen LogP contribution in [0.5, 0.6) is 0 Å². The summed E-state index contributed by atoms with van der Waals surface area (Å²) in [6.45, 7) is 0. The monoisotopic (exact) mass is 565 g/mol. The third kappa shape index (κ3) is 3.91. The van der Waals surface area contributed by atoms with Crippen molar-refractivity contribution < 1.29 is 8.83 Å². The lowest BCUT2D eigenvalue weighted by Crippen LogP contribution is -2.01. The average molecular weight is 566 g/mol. The molecule has 0 spiro atoms. The molecule has 0 saturated heterocycles. The molecular weight excluding hydrogens is 542 g/mol. The van der Waals surface area contributed by atoms with Crippen molar-refractivity contribution in [2.45, 2.75) is 0 Å². The number of hydrogen-bond acceptors (Lipinski definition) is 5. The Balaban J connectivity index is 1.37. The molecule has 206 valence electrons. The van der Waals surface area contributed by atoms with E-state index in [1.807, 2.05) is 97.1 Å². The van der Waals surface area contributed by atoms with Crippen LogP contribution in [0.1, 0.15) is 0 Å². The van der Waals surface area contributed by atoms with Crippen molar-refractivity contribution in [1.82, 2.24) is 15.0 Å². The van der Waals surface area contributed by atoms with E-state index in [0.717, 1.165) is 71.7 Å². The van der Waals surface area contributed by atoms with E-state index < -0.39 is 0 Å². The first-order chi connectivity index (χ1) is 21.8. The quantitative estimate of drug-likeness (QED) is 0.212. The Hall–Kier alpha value is -6.07. The Kier molecular flexibility index (Phi) is 5.43. The zero-order chi connectivity index (χ0) is 29.0. The first kappa shape index (κ1) is 24.5. The molecule has 44 heavy (non-hydrogen) atoms. The van der Waals surface area contributed by atoms with Gasteiger partial charge in [0.15, 0.2) is 17.5 Å². The van der Waals surface area contributed by atoms with Gasteiger partial charge in [-0.05, 0) is 41.5 Å². The summed E-state index contributed by atoms with van der Waals surface area (Å²) < 4.78 is 12.8. The molecule has 0 saturated carbocycles. The highest BCUT2D eigenvalue weighted by molar-refractivity contribution is 6.13. The van der Waals surface area contributed by atoms with Gasteiger partial charge in [-0.3, -0.25) is 0 Å². The molecule has 5 nitrogen and oxygen atoms in total. The number of benzene rings is 6. The summed E-state index contributed by atoms with van der Waals surface area (Å²) in [5.41, 5.74) is 7.88. The molecule has 9 rings (SSSR count). The number of hydrogen-bond donors (Lipinski definition) is 0. The van der Waals surface area contributed by atoms with Crippen molar-refractivity contribution >= 4 is 43.9 Å². The van der Waals surface area contributed by atoms with Gasteiger partial charge in [0.2, 0.25) is 0 Å². The SMILES string of the molecule is c1ccc(-c2cc(-c3nc(-c4ccccc4)nc(-c4cccc5c4oc4ccccc45)n3)c3c(c2)oc2ccccc23)cc1. The molecule has 5 heteroatoms. The highest BCUT2D eigenvalue weighted by Gasteiger charge is 2.21. The van der Waals surface area contributed by atoms with E-state index in [2.05, 4.69) is 42.5 Å². The first-order valence-electron chi connectivity index (χ1n) is 14.5. The van der Waals surface area contributed by atoms with E-state index in [4.69, 9.17) is 23.8 Å². The van der Waals surface area contributed by atoms with E-state index in [1.165, 1.54) is 0 Å². The summed E-state index contributed by atoms with van der Waals surface area (Å²) in [5, 5.41) is 4.07. The van der Waals surface area contributed by atoms with Gasteiger partial charge >= 0.3 is 0 Å². The maximum Gasteiger partial charge on any atom is 0.167 e. The van der Waals surface area contributed by atoms with E-state index in [9.17, 15) is 0 Å². The minimum Gasteiger partial charge on any atom is -0.456 e. The van der Waals surface area contributed by atoms with Crippen molar-refractivity contribution in [2.24, 2.45) is 0 Å². The average Bonchev–Trinajstić information content (AvgIpc) is 3.67. The third-order valence-corrected chi connectivity index (χ3v) is 8.14. The lowest BCUT2D eigenvalue weighted by Gasteiger charge is -2.11. The van der Waals surface area contributed by atoms with Gasteiger partial charge in [0, 0.05) is 32.7 Å². The fourth-order valence-corrected chi connectivity index (χ4v) is 6.08. The maximum atomic E-state index is 6.41. The molecule has 9 aromatic rings. The van der Waals surface area contributed by atoms with Gasteiger partial charge in [-0.15, -0.1) is 0 Å². The molecule has 0 bridgehead atoms. The Labute approximate surface area is 252 Å². The molecule has 3 heterocycles. The fourth-order valence-electron chi connectivity index (χ4n) is 6.08. The zero-order valence-corrected chi connectivity index (χ0v) is 23.4. The predicted octanol–water partition coefficient (Wildman–Crippen LogP) is 10.3. The van der Waals surface area contributed by atoms with E-state index >= 15 is 0 Å². The second-order valence-electron chi connectivity index (χ2n) is 10.8. The van der Waals surface area contributed by atoms with Crippen LogP contribution in [0.2, 0.25) is 0 Å². The molecule has 0 N–H and O–H groups in total.